The smallest absolute Gasteiger partial charge is 0.141 e. The predicted octanol–water partition coefficient (Wildman–Crippen LogP) is 10.6. The van der Waals surface area contributed by atoms with Gasteiger partial charge in [-0.1, -0.05) is 128 Å². The predicted molar refractivity (Wildman–Crippen MR) is 226 cm³/mol. The number of hydrogen-bond donors (Lipinski definition) is 2. The Kier molecular flexibility index (Phi) is 13.4. The first kappa shape index (κ1) is 38.9. The van der Waals surface area contributed by atoms with Crippen LogP contribution in [0.25, 0.3) is 28.1 Å². The first-order valence-corrected chi connectivity index (χ1v) is 18.0. The van der Waals surface area contributed by atoms with Crippen molar-refractivity contribution in [2.24, 2.45) is 11.5 Å². The quantitative estimate of drug-likeness (QED) is 0.110. The molecule has 0 unspecified atom stereocenters. The lowest BCUT2D eigenvalue weighted by atomic mass is 9.68. The van der Waals surface area contributed by atoms with Gasteiger partial charge in [-0.2, -0.15) is 10.5 Å². The van der Waals surface area contributed by atoms with E-state index in [4.69, 9.17) is 21.7 Å². The van der Waals surface area contributed by atoms with Gasteiger partial charge in [-0.3, -0.25) is 0 Å². The summed E-state index contributed by atoms with van der Waals surface area (Å²) in [6.07, 6.45) is 17.5. The van der Waals surface area contributed by atoms with Crippen LogP contribution in [0, 0.1) is 22.7 Å². The first-order valence-electron chi connectivity index (χ1n) is 18.0. The van der Waals surface area contributed by atoms with Crippen LogP contribution in [0.2, 0.25) is 0 Å². The Labute approximate surface area is 324 Å². The second kappa shape index (κ2) is 19.0. The van der Waals surface area contributed by atoms with E-state index in [1.165, 1.54) is 17.3 Å². The molecule has 0 saturated carbocycles. The van der Waals surface area contributed by atoms with Gasteiger partial charge in [0.1, 0.15) is 11.8 Å². The SMILES string of the molecule is C=C/C(=C\C(=C(/C)c1ccc(-c2cccc(C(/C=C\N)=C/CC#N)n2)cc1)C(C)(c1ccccc1)c1ccccc1)C/C=C\C=C(/N)c1ccnc(C#N)c1. The monoisotopic (exact) mass is 716 g/mol. The minimum absolute atomic E-state index is 0.264. The molecule has 0 bridgehead atoms. The summed E-state index contributed by atoms with van der Waals surface area (Å²) in [7, 11) is 0. The average Bonchev–Trinajstić information content (AvgIpc) is 3.25. The van der Waals surface area contributed by atoms with Crippen LogP contribution in [0.15, 0.2) is 188 Å². The van der Waals surface area contributed by atoms with Crippen LogP contribution in [0.3, 0.4) is 0 Å². The third kappa shape index (κ3) is 9.59. The number of nitrogens with two attached hydrogens (primary N) is 2. The molecule has 5 rings (SSSR count). The molecule has 0 atom stereocenters. The molecule has 0 aliphatic carbocycles. The molecule has 4 N–H and O–H groups in total. The Hall–Kier alpha value is -7.28. The Bertz CT molecular complexity index is 2340. The number of nitrogens with zero attached hydrogens (tertiary/aromatic N) is 4. The van der Waals surface area contributed by atoms with Crippen molar-refractivity contribution in [2.75, 3.05) is 0 Å². The summed E-state index contributed by atoms with van der Waals surface area (Å²) in [5.41, 5.74) is 23.2. The summed E-state index contributed by atoms with van der Waals surface area (Å²) in [5.74, 6) is 0. The Balaban J connectivity index is 1.59. The molecule has 6 heteroatoms. The molecule has 270 valence electrons. The van der Waals surface area contributed by atoms with Crippen molar-refractivity contribution in [3.8, 4) is 23.4 Å². The summed E-state index contributed by atoms with van der Waals surface area (Å²) in [4.78, 5) is 8.95. The summed E-state index contributed by atoms with van der Waals surface area (Å²) in [6, 6.07) is 43.2. The number of pyridine rings is 2. The van der Waals surface area contributed by atoms with Gasteiger partial charge in [0, 0.05) is 28.4 Å². The van der Waals surface area contributed by atoms with Gasteiger partial charge < -0.3 is 11.5 Å². The highest BCUT2D eigenvalue weighted by Gasteiger charge is 2.33. The summed E-state index contributed by atoms with van der Waals surface area (Å²) < 4.78 is 0. The van der Waals surface area contributed by atoms with Crippen molar-refractivity contribution in [1.82, 2.24) is 9.97 Å². The second-order valence-corrected chi connectivity index (χ2v) is 13.0. The van der Waals surface area contributed by atoms with Gasteiger partial charge in [0.25, 0.3) is 0 Å². The normalized spacial score (nSPS) is 13.0. The van der Waals surface area contributed by atoms with E-state index in [2.05, 4.69) is 122 Å². The molecule has 0 fully saturated rings. The number of benzene rings is 3. The Morgan fingerprint density at radius 3 is 2.18 bits per heavy atom. The Morgan fingerprint density at radius 2 is 1.56 bits per heavy atom. The van der Waals surface area contributed by atoms with Crippen LogP contribution in [-0.4, -0.2) is 9.97 Å². The zero-order chi connectivity index (χ0) is 39.0. The van der Waals surface area contributed by atoms with Crippen molar-refractivity contribution in [3.63, 3.8) is 0 Å². The third-order valence-corrected chi connectivity index (χ3v) is 9.56. The highest BCUT2D eigenvalue weighted by atomic mass is 14.7. The van der Waals surface area contributed by atoms with Crippen molar-refractivity contribution < 1.29 is 0 Å². The van der Waals surface area contributed by atoms with Crippen LogP contribution in [-0.2, 0) is 5.41 Å². The standard InChI is InChI=1S/C49H44N6/c1-4-37(15-11-12-21-46(53)41-29-32-54-44(34-41)35-52)33-45(49(3,42-17-7-5-8-18-42)43-19-9-6-10-20-43)36(2)38-24-26-40(27-25-38)48-23-13-22-47(55-48)39(28-31-51)16-14-30-50/h4-13,16-29,31-34H,1,14-15,51,53H2,2-3H3/b12-11-,31-28-,37-33+,39-16+,45-36-,46-21-. The number of hydrogen-bond acceptors (Lipinski definition) is 6. The van der Waals surface area contributed by atoms with Gasteiger partial charge in [0.05, 0.1) is 23.9 Å². The third-order valence-electron chi connectivity index (χ3n) is 9.56. The van der Waals surface area contributed by atoms with Crippen LogP contribution in [0.4, 0.5) is 0 Å². The number of allylic oxidation sites excluding steroid dienone is 11. The van der Waals surface area contributed by atoms with Crippen LogP contribution >= 0.6 is 0 Å². The van der Waals surface area contributed by atoms with E-state index < -0.39 is 5.41 Å². The minimum atomic E-state index is -0.522. The maximum atomic E-state index is 9.23. The molecule has 55 heavy (non-hydrogen) atoms. The number of aromatic nitrogens is 2. The highest BCUT2D eigenvalue weighted by Crippen LogP contribution is 2.44. The second-order valence-electron chi connectivity index (χ2n) is 13.0. The largest absolute Gasteiger partial charge is 0.405 e. The van der Waals surface area contributed by atoms with Crippen molar-refractivity contribution in [1.29, 1.82) is 10.5 Å². The highest BCUT2D eigenvalue weighted by molar-refractivity contribution is 5.77. The number of rotatable bonds is 14. The fraction of sp³-hybridized carbons (Fsp3) is 0.102. The van der Waals surface area contributed by atoms with Crippen LogP contribution < -0.4 is 11.5 Å². The van der Waals surface area contributed by atoms with Gasteiger partial charge in [-0.15, -0.1) is 0 Å². The van der Waals surface area contributed by atoms with E-state index in [1.54, 1.807) is 24.4 Å². The van der Waals surface area contributed by atoms with Crippen molar-refractivity contribution >= 4 is 16.8 Å². The summed E-state index contributed by atoms with van der Waals surface area (Å²) in [6.45, 7) is 8.67. The van der Waals surface area contributed by atoms with Gasteiger partial charge in [-0.05, 0) is 102 Å². The maximum absolute atomic E-state index is 9.23. The van der Waals surface area contributed by atoms with Crippen molar-refractivity contribution in [3.05, 3.63) is 222 Å². The van der Waals surface area contributed by atoms with Gasteiger partial charge in [0.2, 0.25) is 0 Å². The number of nitriles is 2. The van der Waals surface area contributed by atoms with E-state index >= 15 is 0 Å². The van der Waals surface area contributed by atoms with Gasteiger partial charge in [-0.25, -0.2) is 9.97 Å². The summed E-state index contributed by atoms with van der Waals surface area (Å²) in [5, 5.41) is 18.4. The van der Waals surface area contributed by atoms with Crippen LogP contribution in [0.5, 0.6) is 0 Å². The molecule has 0 saturated heterocycles. The van der Waals surface area contributed by atoms with E-state index in [-0.39, 0.29) is 6.42 Å². The lowest BCUT2D eigenvalue weighted by Gasteiger charge is -2.35. The fourth-order valence-electron chi connectivity index (χ4n) is 6.50. The van der Waals surface area contributed by atoms with E-state index in [9.17, 15) is 5.26 Å². The first-order chi connectivity index (χ1) is 26.8. The molecule has 0 aliphatic rings. The lowest BCUT2D eigenvalue weighted by Crippen LogP contribution is -2.27. The molecule has 0 radical (unpaired) electrons. The summed E-state index contributed by atoms with van der Waals surface area (Å²) >= 11 is 0. The zero-order valence-corrected chi connectivity index (χ0v) is 31.2. The average molecular weight is 717 g/mol. The van der Waals surface area contributed by atoms with E-state index in [0.29, 0.717) is 17.8 Å². The van der Waals surface area contributed by atoms with E-state index in [0.717, 1.165) is 50.4 Å². The molecular weight excluding hydrogens is 673 g/mol. The van der Waals surface area contributed by atoms with Crippen molar-refractivity contribution in [2.45, 2.75) is 32.1 Å². The van der Waals surface area contributed by atoms with Gasteiger partial charge in [0.15, 0.2) is 0 Å². The fourth-order valence-corrected chi connectivity index (χ4v) is 6.50. The molecule has 0 spiro atoms. The molecule has 5 aromatic rings. The molecule has 0 amide bonds. The maximum Gasteiger partial charge on any atom is 0.141 e. The minimum Gasteiger partial charge on any atom is -0.405 e. The van der Waals surface area contributed by atoms with E-state index in [1.807, 2.05) is 54.6 Å². The lowest BCUT2D eigenvalue weighted by molar-refractivity contribution is 0.691. The molecule has 6 nitrogen and oxygen atoms in total. The molecule has 3 aromatic carbocycles. The molecule has 2 heterocycles. The molecule has 0 aliphatic heterocycles. The molecule has 2 aromatic heterocycles. The van der Waals surface area contributed by atoms with Crippen LogP contribution in [0.1, 0.15) is 60.3 Å². The molecular formula is C49H44N6. The van der Waals surface area contributed by atoms with Gasteiger partial charge >= 0.3 is 0 Å². The zero-order valence-electron chi connectivity index (χ0n) is 31.2. The Morgan fingerprint density at radius 1 is 0.873 bits per heavy atom. The topological polar surface area (TPSA) is 125 Å².